The second-order valence-electron chi connectivity index (χ2n) is 5.10. The van der Waals surface area contributed by atoms with Crippen LogP contribution in [0.15, 0.2) is 30.9 Å². The van der Waals surface area contributed by atoms with Crippen molar-refractivity contribution >= 4 is 28.5 Å². The summed E-state index contributed by atoms with van der Waals surface area (Å²) in [6.45, 7) is 1.85. The van der Waals surface area contributed by atoms with Gasteiger partial charge in [-0.05, 0) is 35.0 Å². The Morgan fingerprint density at radius 1 is 1.26 bits per heavy atom. The highest BCUT2D eigenvalue weighted by Gasteiger charge is 2.05. The fourth-order valence-corrected chi connectivity index (χ4v) is 2.47. The van der Waals surface area contributed by atoms with Gasteiger partial charge in [0.1, 0.15) is 6.33 Å². The molecular formula is C14H16ClN7O. The first-order chi connectivity index (χ1) is 11.2. The van der Waals surface area contributed by atoms with Crippen molar-refractivity contribution in [3.05, 3.63) is 35.9 Å². The lowest BCUT2D eigenvalue weighted by atomic mass is 10.3. The molecule has 0 aliphatic heterocycles. The first kappa shape index (κ1) is 15.4. The molecule has 0 aliphatic carbocycles. The van der Waals surface area contributed by atoms with Crippen LogP contribution in [0.5, 0.6) is 0 Å². The van der Waals surface area contributed by atoms with Gasteiger partial charge in [-0.25, -0.2) is 9.67 Å². The maximum atomic E-state index is 11.8. The molecule has 1 N–H and O–H groups in total. The van der Waals surface area contributed by atoms with Crippen molar-refractivity contribution in [3.63, 3.8) is 0 Å². The van der Waals surface area contributed by atoms with Crippen molar-refractivity contribution < 1.29 is 4.79 Å². The minimum Gasteiger partial charge on any atom is -0.354 e. The van der Waals surface area contributed by atoms with Gasteiger partial charge in [-0.1, -0.05) is 11.6 Å². The second-order valence-corrected chi connectivity index (χ2v) is 5.53. The molecule has 3 aromatic rings. The molecule has 0 aliphatic rings. The van der Waals surface area contributed by atoms with Gasteiger partial charge in [0.15, 0.2) is 0 Å². The van der Waals surface area contributed by atoms with Crippen molar-refractivity contribution in [1.82, 2.24) is 35.1 Å². The van der Waals surface area contributed by atoms with Crippen LogP contribution < -0.4 is 5.32 Å². The molecule has 1 amide bonds. The van der Waals surface area contributed by atoms with E-state index < -0.39 is 0 Å². The molecule has 0 unspecified atom stereocenters. The number of rotatable bonds is 7. The van der Waals surface area contributed by atoms with E-state index in [0.29, 0.717) is 37.5 Å². The molecule has 120 valence electrons. The molecule has 0 bridgehead atoms. The number of amides is 1. The molecule has 0 atom stereocenters. The summed E-state index contributed by atoms with van der Waals surface area (Å²) in [6.07, 6.45) is 4.43. The molecule has 2 heterocycles. The molecule has 2 aromatic heterocycles. The Kier molecular flexibility index (Phi) is 4.82. The highest BCUT2D eigenvalue weighted by molar-refractivity contribution is 6.31. The van der Waals surface area contributed by atoms with Crippen LogP contribution in [-0.4, -0.2) is 42.2 Å². The molecule has 9 heteroatoms. The molecular weight excluding hydrogens is 318 g/mol. The topological polar surface area (TPSA) is 90.5 Å². The number of tetrazole rings is 1. The Labute approximate surface area is 137 Å². The van der Waals surface area contributed by atoms with Gasteiger partial charge >= 0.3 is 0 Å². The lowest BCUT2D eigenvalue weighted by Crippen LogP contribution is -2.27. The van der Waals surface area contributed by atoms with E-state index in [-0.39, 0.29) is 5.91 Å². The molecule has 0 fully saturated rings. The zero-order valence-corrected chi connectivity index (χ0v) is 13.1. The van der Waals surface area contributed by atoms with Crippen molar-refractivity contribution in [2.24, 2.45) is 0 Å². The van der Waals surface area contributed by atoms with E-state index >= 15 is 0 Å². The Hall–Kier alpha value is -2.48. The minimum absolute atomic E-state index is 0.0190. The van der Waals surface area contributed by atoms with E-state index in [2.05, 4.69) is 25.8 Å². The number of carbonyl (C=O) groups excluding carboxylic acids is 1. The van der Waals surface area contributed by atoms with E-state index in [4.69, 9.17) is 11.6 Å². The van der Waals surface area contributed by atoms with Crippen LogP contribution in [0, 0.1) is 0 Å². The number of nitrogens with one attached hydrogen (secondary N) is 1. The standard InChI is InChI=1S/C14H16ClN7O/c15-11-3-4-13-12(8-11)17-9-21(13)7-5-16-14(23)2-1-6-22-10-18-19-20-22/h3-4,8-10H,1-2,5-7H2,(H,16,23). The Morgan fingerprint density at radius 2 is 2.17 bits per heavy atom. The van der Waals surface area contributed by atoms with Crippen molar-refractivity contribution in [1.29, 1.82) is 0 Å². The fourth-order valence-electron chi connectivity index (χ4n) is 2.30. The quantitative estimate of drug-likeness (QED) is 0.703. The Bertz CT molecular complexity index is 784. The third kappa shape index (κ3) is 4.04. The van der Waals surface area contributed by atoms with Crippen LogP contribution in [0.3, 0.4) is 0 Å². The third-order valence-electron chi connectivity index (χ3n) is 3.44. The lowest BCUT2D eigenvalue weighted by molar-refractivity contribution is -0.121. The van der Waals surface area contributed by atoms with Crippen molar-refractivity contribution in [2.45, 2.75) is 25.9 Å². The molecule has 1 aromatic carbocycles. The predicted octanol–water partition coefficient (Wildman–Crippen LogP) is 1.27. The summed E-state index contributed by atoms with van der Waals surface area (Å²) in [5.41, 5.74) is 1.85. The van der Waals surface area contributed by atoms with Gasteiger partial charge < -0.3 is 9.88 Å². The maximum Gasteiger partial charge on any atom is 0.220 e. The number of fused-ring (bicyclic) bond motifs is 1. The molecule has 0 spiro atoms. The van der Waals surface area contributed by atoms with Gasteiger partial charge in [-0.2, -0.15) is 0 Å². The lowest BCUT2D eigenvalue weighted by Gasteiger charge is -2.07. The molecule has 3 rings (SSSR count). The zero-order valence-electron chi connectivity index (χ0n) is 12.4. The average molecular weight is 334 g/mol. The predicted molar refractivity (Wildman–Crippen MR) is 84.8 cm³/mol. The summed E-state index contributed by atoms with van der Waals surface area (Å²) in [4.78, 5) is 16.1. The van der Waals surface area contributed by atoms with E-state index in [1.54, 1.807) is 11.0 Å². The summed E-state index contributed by atoms with van der Waals surface area (Å²) in [5, 5.41) is 14.4. The number of aromatic nitrogens is 6. The number of aryl methyl sites for hydroxylation is 1. The van der Waals surface area contributed by atoms with Gasteiger partial charge in [0.2, 0.25) is 5.91 Å². The Morgan fingerprint density at radius 3 is 3.00 bits per heavy atom. The van der Waals surface area contributed by atoms with Gasteiger partial charge in [-0.15, -0.1) is 5.10 Å². The summed E-state index contributed by atoms with van der Waals surface area (Å²) in [6, 6.07) is 5.59. The van der Waals surface area contributed by atoms with E-state index in [1.807, 2.05) is 22.8 Å². The number of hydrogen-bond acceptors (Lipinski definition) is 5. The van der Waals surface area contributed by atoms with E-state index in [1.165, 1.54) is 6.33 Å². The number of nitrogens with zero attached hydrogens (tertiary/aromatic N) is 6. The number of benzene rings is 1. The number of carbonyl (C=O) groups is 1. The molecule has 0 radical (unpaired) electrons. The summed E-state index contributed by atoms with van der Waals surface area (Å²) >= 11 is 5.94. The number of hydrogen-bond donors (Lipinski definition) is 1. The number of imidazole rings is 1. The van der Waals surface area contributed by atoms with E-state index in [9.17, 15) is 4.79 Å². The highest BCUT2D eigenvalue weighted by Crippen LogP contribution is 2.17. The SMILES string of the molecule is O=C(CCCn1cnnn1)NCCn1cnc2cc(Cl)ccc21. The Balaban J connectivity index is 1.42. The molecule has 0 saturated carbocycles. The van der Waals surface area contributed by atoms with Crippen LogP contribution >= 0.6 is 11.6 Å². The molecule has 0 saturated heterocycles. The van der Waals surface area contributed by atoms with Gasteiger partial charge in [0, 0.05) is 31.1 Å². The van der Waals surface area contributed by atoms with Crippen LogP contribution in [-0.2, 0) is 17.9 Å². The average Bonchev–Trinajstić information content (AvgIpc) is 3.17. The highest BCUT2D eigenvalue weighted by atomic mass is 35.5. The van der Waals surface area contributed by atoms with Crippen molar-refractivity contribution in [2.75, 3.05) is 6.54 Å². The monoisotopic (exact) mass is 333 g/mol. The normalized spacial score (nSPS) is 11.0. The molecule has 8 nitrogen and oxygen atoms in total. The summed E-state index contributed by atoms with van der Waals surface area (Å²) in [5.74, 6) is 0.0190. The van der Waals surface area contributed by atoms with E-state index in [0.717, 1.165) is 11.0 Å². The van der Waals surface area contributed by atoms with Crippen LogP contribution in [0.4, 0.5) is 0 Å². The summed E-state index contributed by atoms with van der Waals surface area (Å²) < 4.78 is 3.60. The minimum atomic E-state index is 0.0190. The first-order valence-electron chi connectivity index (χ1n) is 7.30. The van der Waals surface area contributed by atoms with Crippen LogP contribution in [0.2, 0.25) is 5.02 Å². The number of halogens is 1. The van der Waals surface area contributed by atoms with Gasteiger partial charge in [0.25, 0.3) is 0 Å². The maximum absolute atomic E-state index is 11.8. The van der Waals surface area contributed by atoms with Gasteiger partial charge in [0.05, 0.1) is 17.4 Å². The molecule has 23 heavy (non-hydrogen) atoms. The fraction of sp³-hybridized carbons (Fsp3) is 0.357. The smallest absolute Gasteiger partial charge is 0.220 e. The van der Waals surface area contributed by atoms with Crippen molar-refractivity contribution in [3.8, 4) is 0 Å². The van der Waals surface area contributed by atoms with Crippen LogP contribution in [0.25, 0.3) is 11.0 Å². The van der Waals surface area contributed by atoms with Gasteiger partial charge in [-0.3, -0.25) is 4.79 Å². The zero-order chi connectivity index (χ0) is 16.1. The second kappa shape index (κ2) is 7.19. The van der Waals surface area contributed by atoms with Crippen LogP contribution in [0.1, 0.15) is 12.8 Å². The summed E-state index contributed by atoms with van der Waals surface area (Å²) in [7, 11) is 0. The first-order valence-corrected chi connectivity index (χ1v) is 7.68. The largest absolute Gasteiger partial charge is 0.354 e. The third-order valence-corrected chi connectivity index (χ3v) is 3.68.